The van der Waals surface area contributed by atoms with E-state index in [9.17, 15) is 4.79 Å². The molecule has 1 heterocycles. The van der Waals surface area contributed by atoms with Crippen LogP contribution >= 0.6 is 0 Å². The Kier molecular flexibility index (Phi) is 5.89. The summed E-state index contributed by atoms with van der Waals surface area (Å²) < 4.78 is 0. The summed E-state index contributed by atoms with van der Waals surface area (Å²) >= 11 is 0. The summed E-state index contributed by atoms with van der Waals surface area (Å²) in [7, 11) is 0. The first-order valence-electron chi connectivity index (χ1n) is 6.03. The minimum absolute atomic E-state index is 0.143. The molecule has 4 nitrogen and oxygen atoms in total. The molecule has 0 bridgehead atoms. The second kappa shape index (κ2) is 7.46. The van der Waals surface area contributed by atoms with E-state index in [2.05, 4.69) is 29.1 Å². The van der Waals surface area contributed by atoms with Gasteiger partial charge < -0.3 is 10.4 Å². The molecule has 0 aliphatic rings. The predicted octanol–water partition coefficient (Wildman–Crippen LogP) is 1.34. The summed E-state index contributed by atoms with van der Waals surface area (Å²) in [5, 5.41) is 11.5. The third-order valence-corrected chi connectivity index (χ3v) is 2.41. The second-order valence-electron chi connectivity index (χ2n) is 4.09. The molecule has 0 saturated carbocycles. The number of aliphatic hydroxyl groups is 1. The molecular weight excluding hydrogens is 228 g/mol. The molecule has 4 heteroatoms. The first-order chi connectivity index (χ1) is 8.67. The Balaban J connectivity index is 2.74. The number of pyridine rings is 1. The highest BCUT2D eigenvalue weighted by molar-refractivity contribution is 5.94. The molecule has 1 amide bonds. The highest BCUT2D eigenvalue weighted by atomic mass is 16.2. The number of rotatable bonds is 4. The lowest BCUT2D eigenvalue weighted by Gasteiger charge is -2.12. The van der Waals surface area contributed by atoms with Crippen molar-refractivity contribution in [3.63, 3.8) is 0 Å². The van der Waals surface area contributed by atoms with Gasteiger partial charge in [0.2, 0.25) is 0 Å². The maximum atomic E-state index is 11.9. The average Bonchev–Trinajstić information content (AvgIpc) is 2.37. The molecule has 0 saturated heterocycles. The van der Waals surface area contributed by atoms with Crippen LogP contribution in [0.2, 0.25) is 0 Å². The summed E-state index contributed by atoms with van der Waals surface area (Å²) in [5.41, 5.74) is 1.11. The van der Waals surface area contributed by atoms with Crippen LogP contribution in [0.5, 0.6) is 0 Å². The Bertz CT molecular complexity index is 460. The van der Waals surface area contributed by atoms with Gasteiger partial charge in [0, 0.05) is 24.0 Å². The molecule has 1 aromatic heterocycles. The fourth-order valence-electron chi connectivity index (χ4n) is 1.59. The van der Waals surface area contributed by atoms with Crippen molar-refractivity contribution < 1.29 is 9.90 Å². The molecule has 1 rings (SSSR count). The lowest BCUT2D eigenvalue weighted by atomic mass is 10.1. The maximum Gasteiger partial charge on any atom is 0.253 e. The summed E-state index contributed by atoms with van der Waals surface area (Å²) in [6.07, 6.45) is 5.05. The van der Waals surface area contributed by atoms with E-state index < -0.39 is 0 Å². The predicted molar refractivity (Wildman–Crippen MR) is 70.0 cm³/mol. The summed E-state index contributed by atoms with van der Waals surface area (Å²) in [6.45, 7) is 3.85. The zero-order valence-electron chi connectivity index (χ0n) is 10.7. The topological polar surface area (TPSA) is 62.2 Å². The quantitative estimate of drug-likeness (QED) is 0.788. The number of aromatic nitrogens is 1. The van der Waals surface area contributed by atoms with Gasteiger partial charge in [0.05, 0.1) is 5.56 Å². The Labute approximate surface area is 107 Å². The molecule has 0 radical (unpaired) electrons. The Hall–Kier alpha value is -1.86. The van der Waals surface area contributed by atoms with Crippen LogP contribution in [0.15, 0.2) is 18.5 Å². The number of nitrogens with one attached hydrogen (secondary N) is 1. The van der Waals surface area contributed by atoms with Crippen molar-refractivity contribution in [3.8, 4) is 11.8 Å². The summed E-state index contributed by atoms with van der Waals surface area (Å²) in [4.78, 5) is 15.9. The van der Waals surface area contributed by atoms with Crippen LogP contribution in [0.4, 0.5) is 0 Å². The minimum atomic E-state index is -0.204. The van der Waals surface area contributed by atoms with Crippen LogP contribution in [-0.2, 0) is 0 Å². The monoisotopic (exact) mass is 246 g/mol. The molecule has 0 spiro atoms. The number of hydrogen-bond donors (Lipinski definition) is 2. The number of nitrogens with zero attached hydrogens (tertiary/aromatic N) is 1. The highest BCUT2D eigenvalue weighted by Crippen LogP contribution is 2.03. The Morgan fingerprint density at radius 1 is 1.56 bits per heavy atom. The van der Waals surface area contributed by atoms with Crippen molar-refractivity contribution in [2.45, 2.75) is 32.7 Å². The maximum absolute atomic E-state index is 11.9. The molecule has 0 aliphatic carbocycles. The van der Waals surface area contributed by atoms with Crippen molar-refractivity contribution in [2.24, 2.45) is 0 Å². The van der Waals surface area contributed by atoms with Crippen molar-refractivity contribution in [1.29, 1.82) is 0 Å². The number of hydrogen-bond acceptors (Lipinski definition) is 3. The van der Waals surface area contributed by atoms with Crippen LogP contribution < -0.4 is 5.32 Å². The number of carbonyl (C=O) groups excluding carboxylic acids is 1. The van der Waals surface area contributed by atoms with Gasteiger partial charge >= 0.3 is 0 Å². The largest absolute Gasteiger partial charge is 0.384 e. The van der Waals surface area contributed by atoms with Crippen LogP contribution in [0.25, 0.3) is 0 Å². The SMILES string of the molecule is CCCC(C)NC(=O)c1cncc(C#CCO)c1. The van der Waals surface area contributed by atoms with E-state index in [1.807, 2.05) is 6.92 Å². The van der Waals surface area contributed by atoms with Gasteiger partial charge in [-0.05, 0) is 19.4 Å². The van der Waals surface area contributed by atoms with Crippen LogP contribution in [0, 0.1) is 11.8 Å². The van der Waals surface area contributed by atoms with Gasteiger partial charge in [-0.15, -0.1) is 0 Å². The van der Waals surface area contributed by atoms with Gasteiger partial charge in [-0.2, -0.15) is 0 Å². The van der Waals surface area contributed by atoms with Gasteiger partial charge in [0.1, 0.15) is 6.61 Å². The summed E-state index contributed by atoms with van der Waals surface area (Å²) in [5.74, 6) is 5.11. The van der Waals surface area contributed by atoms with Crippen LogP contribution in [-0.4, -0.2) is 28.6 Å². The van der Waals surface area contributed by atoms with E-state index in [1.165, 1.54) is 6.20 Å². The Morgan fingerprint density at radius 3 is 3.00 bits per heavy atom. The minimum Gasteiger partial charge on any atom is -0.384 e. The van der Waals surface area contributed by atoms with Crippen molar-refractivity contribution >= 4 is 5.91 Å². The van der Waals surface area contributed by atoms with E-state index in [1.54, 1.807) is 12.3 Å². The number of carbonyl (C=O) groups is 1. The van der Waals surface area contributed by atoms with Crippen molar-refractivity contribution in [2.75, 3.05) is 6.61 Å². The van der Waals surface area contributed by atoms with Crippen LogP contribution in [0.3, 0.4) is 0 Å². The normalized spacial score (nSPS) is 11.3. The molecule has 1 atom stereocenters. The van der Waals surface area contributed by atoms with E-state index in [0.717, 1.165) is 12.8 Å². The van der Waals surface area contributed by atoms with Gasteiger partial charge in [-0.1, -0.05) is 25.2 Å². The Morgan fingerprint density at radius 2 is 2.33 bits per heavy atom. The smallest absolute Gasteiger partial charge is 0.253 e. The van der Waals surface area contributed by atoms with E-state index in [0.29, 0.717) is 11.1 Å². The molecule has 0 aliphatic heterocycles. The van der Waals surface area contributed by atoms with Crippen LogP contribution in [0.1, 0.15) is 42.6 Å². The van der Waals surface area contributed by atoms with Gasteiger partial charge in [0.25, 0.3) is 5.91 Å². The summed E-state index contributed by atoms with van der Waals surface area (Å²) in [6, 6.07) is 1.82. The molecule has 1 unspecified atom stereocenters. The molecule has 0 aromatic carbocycles. The standard InChI is InChI=1S/C14H18N2O2/c1-3-5-11(2)16-14(18)13-8-12(6-4-7-17)9-15-10-13/h8-11,17H,3,5,7H2,1-2H3,(H,16,18). The van der Waals surface area contributed by atoms with E-state index >= 15 is 0 Å². The first kappa shape index (κ1) is 14.2. The molecule has 96 valence electrons. The number of aliphatic hydroxyl groups excluding tert-OH is 1. The van der Waals surface area contributed by atoms with E-state index in [-0.39, 0.29) is 18.6 Å². The lowest BCUT2D eigenvalue weighted by Crippen LogP contribution is -2.32. The lowest BCUT2D eigenvalue weighted by molar-refractivity contribution is 0.0938. The molecular formula is C14H18N2O2. The third kappa shape index (κ3) is 4.56. The molecule has 2 N–H and O–H groups in total. The number of amides is 1. The zero-order chi connectivity index (χ0) is 13.4. The van der Waals surface area contributed by atoms with E-state index in [4.69, 9.17) is 5.11 Å². The van der Waals surface area contributed by atoms with Gasteiger partial charge in [-0.3, -0.25) is 9.78 Å². The second-order valence-corrected chi connectivity index (χ2v) is 4.09. The first-order valence-corrected chi connectivity index (χ1v) is 6.03. The molecule has 1 aromatic rings. The molecule has 18 heavy (non-hydrogen) atoms. The van der Waals surface area contributed by atoms with Crippen molar-refractivity contribution in [3.05, 3.63) is 29.6 Å². The van der Waals surface area contributed by atoms with Crippen molar-refractivity contribution in [1.82, 2.24) is 10.3 Å². The third-order valence-electron chi connectivity index (χ3n) is 2.41. The van der Waals surface area contributed by atoms with Gasteiger partial charge in [0.15, 0.2) is 0 Å². The van der Waals surface area contributed by atoms with Gasteiger partial charge in [-0.25, -0.2) is 0 Å². The fourth-order valence-corrected chi connectivity index (χ4v) is 1.59. The zero-order valence-corrected chi connectivity index (χ0v) is 10.7. The molecule has 0 fully saturated rings. The fraction of sp³-hybridized carbons (Fsp3) is 0.429. The highest BCUT2D eigenvalue weighted by Gasteiger charge is 2.09. The average molecular weight is 246 g/mol.